The van der Waals surface area contributed by atoms with E-state index in [1.165, 1.54) is 5.56 Å². The van der Waals surface area contributed by atoms with Crippen LogP contribution in [0.4, 0.5) is 0 Å². The van der Waals surface area contributed by atoms with Gasteiger partial charge in [0.2, 0.25) is 0 Å². The molecule has 131 valence electrons. The van der Waals surface area contributed by atoms with E-state index in [-0.39, 0.29) is 55.0 Å². The Kier molecular flexibility index (Phi) is 21.3. The van der Waals surface area contributed by atoms with Crippen molar-refractivity contribution in [3.63, 3.8) is 0 Å². The van der Waals surface area contributed by atoms with Crippen LogP contribution in [0.15, 0.2) is 42.7 Å². The fourth-order valence-corrected chi connectivity index (χ4v) is 1.59. The van der Waals surface area contributed by atoms with Crippen LogP contribution in [-0.2, 0) is 32.7 Å². The molecule has 0 fully saturated rings. The molecule has 0 spiro atoms. The first-order chi connectivity index (χ1) is 9.04. The van der Waals surface area contributed by atoms with Crippen molar-refractivity contribution in [2.45, 2.75) is 61.9 Å². The molecule has 0 saturated heterocycles. The number of hydrogen-bond acceptors (Lipinski definition) is 2. The van der Waals surface area contributed by atoms with Crippen molar-refractivity contribution in [3.8, 4) is 5.75 Å². The molecule has 4 heteroatoms. The molecule has 1 radical (unpaired) electrons. The van der Waals surface area contributed by atoms with Gasteiger partial charge in [-0.1, -0.05) is 48.3 Å². The molecule has 1 aromatic heterocycles. The fraction of sp³-hybridized carbons (Fsp3) is 0.526. The standard InChI is InChI=1S/C10H14O.C6H10N2.3CH4.Y/c1-8(2)9-5-4-6-10(7-9)11-3;1-6(2)8-5-3-4-7-8;;;;/h4-8H,1-3H3;3-6H,1-2H3;3*1H4;. The Morgan fingerprint density at radius 2 is 1.61 bits per heavy atom. The summed E-state index contributed by atoms with van der Waals surface area (Å²) in [5, 5.41) is 4.03. The molecule has 3 nitrogen and oxygen atoms in total. The molecule has 1 heterocycles. The summed E-state index contributed by atoms with van der Waals surface area (Å²) in [4.78, 5) is 0. The summed E-state index contributed by atoms with van der Waals surface area (Å²) in [5.74, 6) is 1.52. The summed E-state index contributed by atoms with van der Waals surface area (Å²) in [5.41, 5.74) is 1.32. The minimum atomic E-state index is 0. The Morgan fingerprint density at radius 1 is 1.00 bits per heavy atom. The summed E-state index contributed by atoms with van der Waals surface area (Å²) < 4.78 is 7.02. The van der Waals surface area contributed by atoms with Crippen LogP contribution in [0, 0.1) is 0 Å². The molecule has 0 bridgehead atoms. The van der Waals surface area contributed by atoms with Gasteiger partial charge in [-0.3, -0.25) is 4.68 Å². The minimum Gasteiger partial charge on any atom is -0.497 e. The van der Waals surface area contributed by atoms with E-state index in [9.17, 15) is 0 Å². The number of hydrogen-bond donors (Lipinski definition) is 0. The van der Waals surface area contributed by atoms with Gasteiger partial charge in [-0.25, -0.2) is 0 Å². The third-order valence-corrected chi connectivity index (χ3v) is 2.81. The van der Waals surface area contributed by atoms with E-state index in [1.807, 2.05) is 29.1 Å². The van der Waals surface area contributed by atoms with E-state index in [0.29, 0.717) is 12.0 Å². The number of rotatable bonds is 3. The van der Waals surface area contributed by atoms with Crippen LogP contribution >= 0.6 is 0 Å². The molecule has 1 aromatic carbocycles. The maximum atomic E-state index is 5.11. The normalized spacial score (nSPS) is 8.48. The molecular weight excluding hydrogens is 361 g/mol. The second kappa shape index (κ2) is 16.2. The minimum absolute atomic E-state index is 0. The molecule has 0 aliphatic heterocycles. The van der Waals surface area contributed by atoms with Gasteiger partial charge in [0.05, 0.1) is 7.11 Å². The predicted molar refractivity (Wildman–Crippen MR) is 99.9 cm³/mol. The fourth-order valence-electron chi connectivity index (χ4n) is 1.59. The monoisotopic (exact) mass is 397 g/mol. The maximum absolute atomic E-state index is 5.11. The van der Waals surface area contributed by atoms with Crippen LogP contribution in [0.1, 0.15) is 67.5 Å². The van der Waals surface area contributed by atoms with E-state index in [2.05, 4.69) is 44.9 Å². The molecule has 0 aliphatic rings. The summed E-state index contributed by atoms with van der Waals surface area (Å²) in [6.45, 7) is 8.56. The van der Waals surface area contributed by atoms with Crippen LogP contribution in [-0.4, -0.2) is 16.9 Å². The summed E-state index contributed by atoms with van der Waals surface area (Å²) in [6, 6.07) is 10.6. The van der Waals surface area contributed by atoms with E-state index >= 15 is 0 Å². The topological polar surface area (TPSA) is 27.1 Å². The molecule has 0 unspecified atom stereocenters. The van der Waals surface area contributed by atoms with Crippen molar-refractivity contribution in [1.82, 2.24) is 9.78 Å². The van der Waals surface area contributed by atoms with Crippen LogP contribution in [0.2, 0.25) is 0 Å². The number of nitrogens with zero attached hydrogens (tertiary/aromatic N) is 2. The predicted octanol–water partition coefficient (Wildman–Crippen LogP) is 6.19. The molecule has 2 rings (SSSR count). The Balaban J connectivity index is -0.000000138. The van der Waals surface area contributed by atoms with Crippen LogP contribution < -0.4 is 4.74 Å². The Hall–Kier alpha value is -0.666. The largest absolute Gasteiger partial charge is 0.497 e. The third-order valence-electron chi connectivity index (χ3n) is 2.81. The van der Waals surface area contributed by atoms with E-state index in [1.54, 1.807) is 13.3 Å². The van der Waals surface area contributed by atoms with Gasteiger partial charge in [0.1, 0.15) is 5.75 Å². The van der Waals surface area contributed by atoms with Crippen LogP contribution in [0.5, 0.6) is 5.75 Å². The first kappa shape index (κ1) is 30.2. The van der Waals surface area contributed by atoms with Gasteiger partial charge < -0.3 is 4.74 Å². The molecular formula is C19H36N2OY. The third kappa shape index (κ3) is 11.5. The first-order valence-corrected chi connectivity index (χ1v) is 6.67. The van der Waals surface area contributed by atoms with Crippen molar-refractivity contribution in [3.05, 3.63) is 48.3 Å². The smallest absolute Gasteiger partial charge is 0.119 e. The second-order valence-electron chi connectivity index (χ2n) is 5.01. The molecule has 0 atom stereocenters. The Bertz CT molecular complexity index is 468. The van der Waals surface area contributed by atoms with Gasteiger partial charge in [-0.05, 0) is 43.5 Å². The van der Waals surface area contributed by atoms with Gasteiger partial charge in [-0.2, -0.15) is 5.10 Å². The number of benzene rings is 1. The van der Waals surface area contributed by atoms with Crippen molar-refractivity contribution in [2.24, 2.45) is 0 Å². The second-order valence-corrected chi connectivity index (χ2v) is 5.01. The zero-order valence-corrected chi connectivity index (χ0v) is 15.9. The number of methoxy groups -OCH3 is 1. The molecule has 0 aliphatic carbocycles. The average Bonchev–Trinajstić information content (AvgIpc) is 2.93. The quantitative estimate of drug-likeness (QED) is 0.618. The van der Waals surface area contributed by atoms with Crippen molar-refractivity contribution in [2.75, 3.05) is 7.11 Å². The van der Waals surface area contributed by atoms with Gasteiger partial charge in [-0.15, -0.1) is 0 Å². The number of ether oxygens (including phenoxy) is 1. The number of aromatic nitrogens is 2. The van der Waals surface area contributed by atoms with Crippen molar-refractivity contribution >= 4 is 0 Å². The van der Waals surface area contributed by atoms with E-state index < -0.39 is 0 Å². The van der Waals surface area contributed by atoms with E-state index in [0.717, 1.165) is 5.75 Å². The zero-order valence-electron chi connectivity index (χ0n) is 13.1. The SMILES string of the molecule is C.C.C.CC(C)n1cccn1.COc1cccc(C(C)C)c1.[Y]. The molecule has 2 aromatic rings. The molecule has 23 heavy (non-hydrogen) atoms. The van der Waals surface area contributed by atoms with Crippen molar-refractivity contribution in [1.29, 1.82) is 0 Å². The Labute approximate surface area is 169 Å². The van der Waals surface area contributed by atoms with Gasteiger partial charge in [0.15, 0.2) is 0 Å². The van der Waals surface area contributed by atoms with Crippen LogP contribution in [0.25, 0.3) is 0 Å². The molecule has 0 saturated carbocycles. The maximum Gasteiger partial charge on any atom is 0.119 e. The Morgan fingerprint density at radius 3 is 1.96 bits per heavy atom. The first-order valence-electron chi connectivity index (χ1n) is 6.67. The summed E-state index contributed by atoms with van der Waals surface area (Å²) >= 11 is 0. The molecule has 0 N–H and O–H groups in total. The van der Waals surface area contributed by atoms with Gasteiger partial charge in [0.25, 0.3) is 0 Å². The summed E-state index contributed by atoms with van der Waals surface area (Å²) in [6.07, 6.45) is 3.75. The van der Waals surface area contributed by atoms with Gasteiger partial charge >= 0.3 is 0 Å². The average molecular weight is 397 g/mol. The van der Waals surface area contributed by atoms with Gasteiger partial charge in [0, 0.05) is 51.1 Å². The summed E-state index contributed by atoms with van der Waals surface area (Å²) in [7, 11) is 1.69. The van der Waals surface area contributed by atoms with Crippen LogP contribution in [0.3, 0.4) is 0 Å². The zero-order chi connectivity index (χ0) is 14.3. The van der Waals surface area contributed by atoms with E-state index in [4.69, 9.17) is 4.74 Å². The van der Waals surface area contributed by atoms with Crippen molar-refractivity contribution < 1.29 is 37.4 Å². The molecule has 0 amide bonds.